The third-order valence-electron chi connectivity index (χ3n) is 5.80. The van der Waals surface area contributed by atoms with Gasteiger partial charge in [-0.2, -0.15) is 0 Å². The van der Waals surface area contributed by atoms with Crippen molar-refractivity contribution in [2.24, 2.45) is 0 Å². The fraction of sp³-hybridized carbons (Fsp3) is 0.789. The van der Waals surface area contributed by atoms with Crippen molar-refractivity contribution in [3.05, 3.63) is 17.5 Å². The number of likely N-dealkylation sites (tertiary alicyclic amines) is 1. The molecule has 0 aromatic carbocycles. The molecule has 6 nitrogen and oxygen atoms in total. The Morgan fingerprint density at radius 1 is 1.16 bits per heavy atom. The molecule has 1 aromatic rings. The predicted octanol–water partition coefficient (Wildman–Crippen LogP) is 2.53. The van der Waals surface area contributed by atoms with E-state index in [1.807, 2.05) is 11.0 Å². The third-order valence-corrected chi connectivity index (χ3v) is 5.80. The Labute approximate surface area is 149 Å². The van der Waals surface area contributed by atoms with Gasteiger partial charge in [0.05, 0.1) is 24.4 Å². The van der Waals surface area contributed by atoms with E-state index in [-0.39, 0.29) is 11.4 Å². The number of aromatic nitrogens is 1. The summed E-state index contributed by atoms with van der Waals surface area (Å²) in [5.74, 6) is 0.363. The molecule has 2 aliphatic heterocycles. The molecule has 0 spiro atoms. The standard InChI is InChI=1S/C19H29N3O3/c23-18(22-9-5-2-6-10-22)17-11-16(21-25-17)12-19(13-24-14-19)20-15-7-3-1-4-8-15/h11,15,20H,1-10,12-14H2. The van der Waals surface area contributed by atoms with Crippen LogP contribution >= 0.6 is 0 Å². The second kappa shape index (κ2) is 7.46. The maximum absolute atomic E-state index is 12.5. The number of ether oxygens (including phenoxy) is 1. The monoisotopic (exact) mass is 347 g/mol. The second-order valence-electron chi connectivity index (χ2n) is 7.96. The Hall–Kier alpha value is -1.40. The van der Waals surface area contributed by atoms with Gasteiger partial charge in [-0.25, -0.2) is 0 Å². The van der Waals surface area contributed by atoms with Crippen molar-refractivity contribution >= 4 is 5.91 Å². The number of carbonyl (C=O) groups is 1. The second-order valence-corrected chi connectivity index (χ2v) is 7.96. The largest absolute Gasteiger partial charge is 0.377 e. The number of piperidine rings is 1. The van der Waals surface area contributed by atoms with E-state index in [0.717, 1.165) is 38.0 Å². The van der Waals surface area contributed by atoms with E-state index >= 15 is 0 Å². The van der Waals surface area contributed by atoms with Gasteiger partial charge in [0.2, 0.25) is 5.76 Å². The van der Waals surface area contributed by atoms with Crippen molar-refractivity contribution in [3.8, 4) is 0 Å². The molecule has 3 aliphatic rings. The molecule has 0 unspecified atom stereocenters. The summed E-state index contributed by atoms with van der Waals surface area (Å²) in [5, 5.41) is 7.99. The van der Waals surface area contributed by atoms with Crippen molar-refractivity contribution in [1.29, 1.82) is 0 Å². The first-order valence-corrected chi connectivity index (χ1v) is 9.84. The van der Waals surface area contributed by atoms with Crippen LogP contribution in [-0.4, -0.2) is 53.8 Å². The molecule has 2 saturated heterocycles. The van der Waals surface area contributed by atoms with Crippen molar-refractivity contribution in [2.45, 2.75) is 69.4 Å². The number of amides is 1. The lowest BCUT2D eigenvalue weighted by Gasteiger charge is -2.45. The third kappa shape index (κ3) is 3.90. The Kier molecular flexibility index (Phi) is 5.08. The van der Waals surface area contributed by atoms with Crippen LogP contribution in [0.4, 0.5) is 0 Å². The van der Waals surface area contributed by atoms with E-state index in [0.29, 0.717) is 25.0 Å². The highest BCUT2D eigenvalue weighted by molar-refractivity contribution is 5.91. The summed E-state index contributed by atoms with van der Waals surface area (Å²) in [4.78, 5) is 14.4. The molecule has 1 aromatic heterocycles. The predicted molar refractivity (Wildman–Crippen MR) is 93.5 cm³/mol. The molecule has 1 N–H and O–H groups in total. The van der Waals surface area contributed by atoms with Crippen molar-refractivity contribution in [1.82, 2.24) is 15.4 Å². The van der Waals surface area contributed by atoms with Gasteiger partial charge < -0.3 is 19.5 Å². The van der Waals surface area contributed by atoms with Gasteiger partial charge in [-0.05, 0) is 32.1 Å². The summed E-state index contributed by atoms with van der Waals surface area (Å²) in [6, 6.07) is 2.42. The highest BCUT2D eigenvalue weighted by atomic mass is 16.5. The number of nitrogens with one attached hydrogen (secondary N) is 1. The van der Waals surface area contributed by atoms with Gasteiger partial charge in [0, 0.05) is 31.6 Å². The van der Waals surface area contributed by atoms with Crippen LogP contribution in [0.15, 0.2) is 10.6 Å². The van der Waals surface area contributed by atoms with Crippen molar-refractivity contribution in [2.75, 3.05) is 26.3 Å². The summed E-state index contributed by atoms with van der Waals surface area (Å²) < 4.78 is 10.9. The molecular formula is C19H29N3O3. The molecule has 1 saturated carbocycles. The first-order valence-electron chi connectivity index (χ1n) is 9.84. The average Bonchev–Trinajstić information content (AvgIpc) is 3.09. The zero-order chi connectivity index (χ0) is 17.1. The molecule has 0 atom stereocenters. The lowest BCUT2D eigenvalue weighted by molar-refractivity contribution is -0.0815. The first kappa shape index (κ1) is 17.0. The summed E-state index contributed by atoms with van der Waals surface area (Å²) in [6.45, 7) is 3.09. The van der Waals surface area contributed by atoms with Crippen LogP contribution in [0.3, 0.4) is 0 Å². The number of hydrogen-bond acceptors (Lipinski definition) is 5. The van der Waals surface area contributed by atoms with Gasteiger partial charge in [0.25, 0.3) is 5.91 Å². The van der Waals surface area contributed by atoms with Gasteiger partial charge in [0.1, 0.15) is 0 Å². The maximum Gasteiger partial charge on any atom is 0.292 e. The van der Waals surface area contributed by atoms with E-state index in [1.54, 1.807) is 0 Å². The number of carbonyl (C=O) groups excluding carboxylic acids is 1. The molecule has 3 fully saturated rings. The van der Waals surface area contributed by atoms with Crippen LogP contribution in [0.25, 0.3) is 0 Å². The lowest BCUT2D eigenvalue weighted by atomic mass is 9.87. The molecule has 0 radical (unpaired) electrons. The van der Waals surface area contributed by atoms with Gasteiger partial charge in [-0.3, -0.25) is 4.79 Å². The fourth-order valence-corrected chi connectivity index (χ4v) is 4.36. The summed E-state index contributed by atoms with van der Waals surface area (Å²) in [6.07, 6.45) is 10.6. The highest BCUT2D eigenvalue weighted by Crippen LogP contribution is 2.27. The molecular weight excluding hydrogens is 318 g/mol. The number of nitrogens with zero attached hydrogens (tertiary/aromatic N) is 2. The number of rotatable bonds is 5. The Morgan fingerprint density at radius 2 is 1.88 bits per heavy atom. The van der Waals surface area contributed by atoms with E-state index in [1.165, 1.54) is 38.5 Å². The van der Waals surface area contributed by atoms with Crippen molar-refractivity contribution < 1.29 is 14.1 Å². The van der Waals surface area contributed by atoms with Crippen LogP contribution in [0.2, 0.25) is 0 Å². The van der Waals surface area contributed by atoms with Gasteiger partial charge in [-0.1, -0.05) is 24.4 Å². The van der Waals surface area contributed by atoms with Crippen LogP contribution < -0.4 is 5.32 Å². The topological polar surface area (TPSA) is 67.6 Å². The zero-order valence-electron chi connectivity index (χ0n) is 15.0. The van der Waals surface area contributed by atoms with Gasteiger partial charge in [0.15, 0.2) is 0 Å². The normalized spacial score (nSPS) is 24.1. The van der Waals surface area contributed by atoms with Crippen LogP contribution in [0, 0.1) is 0 Å². The molecule has 0 bridgehead atoms. The molecule has 1 amide bonds. The van der Waals surface area contributed by atoms with E-state index < -0.39 is 0 Å². The van der Waals surface area contributed by atoms with E-state index in [9.17, 15) is 4.79 Å². The SMILES string of the molecule is O=C(c1cc(CC2(NC3CCCCC3)COC2)no1)N1CCCCC1. The van der Waals surface area contributed by atoms with Crippen molar-refractivity contribution in [3.63, 3.8) is 0 Å². The Balaban J connectivity index is 1.38. The minimum atomic E-state index is -0.0374. The van der Waals surface area contributed by atoms with Crippen LogP contribution in [0.1, 0.15) is 67.6 Å². The first-order chi connectivity index (χ1) is 12.2. The van der Waals surface area contributed by atoms with E-state index in [4.69, 9.17) is 9.26 Å². The Bertz CT molecular complexity index is 584. The smallest absolute Gasteiger partial charge is 0.292 e. The molecule has 4 rings (SSSR count). The van der Waals surface area contributed by atoms with Crippen LogP contribution in [-0.2, 0) is 11.2 Å². The fourth-order valence-electron chi connectivity index (χ4n) is 4.36. The van der Waals surface area contributed by atoms with Gasteiger partial charge in [-0.15, -0.1) is 0 Å². The molecule has 1 aliphatic carbocycles. The minimum Gasteiger partial charge on any atom is -0.377 e. The lowest BCUT2D eigenvalue weighted by Crippen LogP contribution is -2.64. The number of hydrogen-bond donors (Lipinski definition) is 1. The molecule has 3 heterocycles. The summed E-state index contributed by atoms with van der Waals surface area (Å²) in [7, 11) is 0. The molecule has 25 heavy (non-hydrogen) atoms. The van der Waals surface area contributed by atoms with Gasteiger partial charge >= 0.3 is 0 Å². The molecule has 138 valence electrons. The summed E-state index contributed by atoms with van der Waals surface area (Å²) >= 11 is 0. The highest BCUT2D eigenvalue weighted by Gasteiger charge is 2.41. The molecule has 6 heteroatoms. The van der Waals surface area contributed by atoms with Crippen LogP contribution in [0.5, 0.6) is 0 Å². The maximum atomic E-state index is 12.5. The average molecular weight is 347 g/mol. The quantitative estimate of drug-likeness (QED) is 0.886. The minimum absolute atomic E-state index is 0.0161. The Morgan fingerprint density at radius 3 is 2.56 bits per heavy atom. The summed E-state index contributed by atoms with van der Waals surface area (Å²) in [5.41, 5.74) is 0.816. The van der Waals surface area contributed by atoms with E-state index in [2.05, 4.69) is 10.5 Å². The zero-order valence-corrected chi connectivity index (χ0v) is 15.0.